The van der Waals surface area contributed by atoms with Crippen LogP contribution in [0.3, 0.4) is 0 Å². The van der Waals surface area contributed by atoms with Gasteiger partial charge in [0.2, 0.25) is 0 Å². The van der Waals surface area contributed by atoms with E-state index in [1.807, 2.05) is 38.2 Å². The molecule has 4 aromatic rings. The predicted molar refractivity (Wildman–Crippen MR) is 94.3 cm³/mol. The van der Waals surface area contributed by atoms with Gasteiger partial charge >= 0.3 is 0 Å². The van der Waals surface area contributed by atoms with Crippen molar-refractivity contribution in [2.75, 3.05) is 0 Å². The largest absolute Gasteiger partial charge is 0.494 e. The molecule has 2 aromatic carbocycles. The molecule has 0 spiro atoms. The fourth-order valence-electron chi connectivity index (χ4n) is 3.07. The van der Waals surface area contributed by atoms with Gasteiger partial charge in [-0.1, -0.05) is 11.3 Å². The zero-order chi connectivity index (χ0) is 17.6. The summed E-state index contributed by atoms with van der Waals surface area (Å²) in [6.45, 7) is 4.62. The second-order valence-electron chi connectivity index (χ2n) is 5.95. The molecule has 1 N–H and O–H groups in total. The first-order valence-corrected chi connectivity index (χ1v) is 8.09. The molecule has 0 aliphatic heterocycles. The number of aromatic nitrogens is 4. The molecule has 2 aromatic heterocycles. The zero-order valence-corrected chi connectivity index (χ0v) is 13.9. The topological polar surface area (TPSA) is 55.9 Å². The van der Waals surface area contributed by atoms with E-state index in [0.717, 1.165) is 33.4 Å². The van der Waals surface area contributed by atoms with Crippen LogP contribution in [0.1, 0.15) is 12.6 Å². The van der Waals surface area contributed by atoms with Crippen LogP contribution in [0.5, 0.6) is 5.88 Å². The summed E-state index contributed by atoms with van der Waals surface area (Å²) in [5, 5.41) is 20.4. The molecule has 25 heavy (non-hydrogen) atoms. The van der Waals surface area contributed by atoms with Crippen molar-refractivity contribution in [2.45, 2.75) is 20.4 Å². The van der Waals surface area contributed by atoms with Crippen molar-refractivity contribution >= 4 is 10.8 Å². The fourth-order valence-corrected chi connectivity index (χ4v) is 3.07. The van der Waals surface area contributed by atoms with Gasteiger partial charge in [0.05, 0.1) is 11.4 Å². The summed E-state index contributed by atoms with van der Waals surface area (Å²) in [4.78, 5) is 0. The molecule has 0 atom stereocenters. The first-order chi connectivity index (χ1) is 12.1. The Morgan fingerprint density at radius 1 is 1.12 bits per heavy atom. The molecule has 0 amide bonds. The summed E-state index contributed by atoms with van der Waals surface area (Å²) in [7, 11) is 0. The second-order valence-corrected chi connectivity index (χ2v) is 5.95. The summed E-state index contributed by atoms with van der Waals surface area (Å²) >= 11 is 0. The van der Waals surface area contributed by atoms with Gasteiger partial charge in [-0.05, 0) is 50.2 Å². The van der Waals surface area contributed by atoms with Crippen LogP contribution in [0, 0.1) is 12.7 Å². The first-order valence-electron chi connectivity index (χ1n) is 8.09. The van der Waals surface area contributed by atoms with E-state index >= 15 is 0 Å². The predicted octanol–water partition coefficient (Wildman–Crippen LogP) is 4.06. The van der Waals surface area contributed by atoms with E-state index in [1.54, 1.807) is 21.4 Å². The molecule has 6 heteroatoms. The highest BCUT2D eigenvalue weighted by Crippen LogP contribution is 2.31. The van der Waals surface area contributed by atoms with E-state index in [-0.39, 0.29) is 11.7 Å². The van der Waals surface area contributed by atoms with Gasteiger partial charge in [-0.15, -0.1) is 5.10 Å². The average molecular weight is 336 g/mol. The van der Waals surface area contributed by atoms with E-state index in [1.165, 1.54) is 12.1 Å². The molecule has 0 radical (unpaired) electrons. The number of hydrogen-bond donors (Lipinski definition) is 1. The lowest BCUT2D eigenvalue weighted by Gasteiger charge is -2.04. The van der Waals surface area contributed by atoms with Crippen LogP contribution < -0.4 is 0 Å². The van der Waals surface area contributed by atoms with Crippen molar-refractivity contribution in [1.82, 2.24) is 19.6 Å². The van der Waals surface area contributed by atoms with Crippen molar-refractivity contribution in [3.05, 3.63) is 60.2 Å². The molecular formula is C19H17FN4O. The molecule has 0 unspecified atom stereocenters. The van der Waals surface area contributed by atoms with E-state index in [2.05, 4.69) is 10.3 Å². The Morgan fingerprint density at radius 2 is 1.88 bits per heavy atom. The Balaban J connectivity index is 1.80. The third-order valence-electron chi connectivity index (χ3n) is 4.44. The highest BCUT2D eigenvalue weighted by Gasteiger charge is 2.14. The molecule has 5 nitrogen and oxygen atoms in total. The maximum atomic E-state index is 13.1. The van der Waals surface area contributed by atoms with Gasteiger partial charge in [0.25, 0.3) is 0 Å². The molecule has 0 fully saturated rings. The van der Waals surface area contributed by atoms with Gasteiger partial charge in [0.1, 0.15) is 11.5 Å². The number of halogens is 1. The number of hydrogen-bond acceptors (Lipinski definition) is 3. The molecule has 0 aliphatic carbocycles. The quantitative estimate of drug-likeness (QED) is 0.614. The van der Waals surface area contributed by atoms with Crippen molar-refractivity contribution in [3.8, 4) is 22.8 Å². The van der Waals surface area contributed by atoms with Gasteiger partial charge in [-0.25, -0.2) is 9.07 Å². The van der Waals surface area contributed by atoms with Crippen LogP contribution in [0.4, 0.5) is 4.39 Å². The average Bonchev–Trinajstić information content (AvgIpc) is 3.15. The first kappa shape index (κ1) is 15.4. The van der Waals surface area contributed by atoms with E-state index < -0.39 is 0 Å². The SMILES string of the molecule is CCn1cc2cc(-c3nnn(-c4ccc(F)cc4)c3C)ccc2c1O. The Morgan fingerprint density at radius 3 is 2.60 bits per heavy atom. The fraction of sp³-hybridized carbons (Fsp3) is 0.158. The van der Waals surface area contributed by atoms with Crippen LogP contribution in [0.25, 0.3) is 27.7 Å². The van der Waals surface area contributed by atoms with Gasteiger partial charge in [0.15, 0.2) is 5.88 Å². The van der Waals surface area contributed by atoms with Crippen molar-refractivity contribution < 1.29 is 9.50 Å². The molecule has 2 heterocycles. The van der Waals surface area contributed by atoms with E-state index in [9.17, 15) is 9.50 Å². The molecule has 126 valence electrons. The van der Waals surface area contributed by atoms with E-state index in [0.29, 0.717) is 6.54 Å². The molecular weight excluding hydrogens is 319 g/mol. The van der Waals surface area contributed by atoms with Crippen molar-refractivity contribution in [1.29, 1.82) is 0 Å². The van der Waals surface area contributed by atoms with Crippen LogP contribution in [-0.2, 0) is 6.54 Å². The summed E-state index contributed by atoms with van der Waals surface area (Å²) in [6, 6.07) is 12.0. The highest BCUT2D eigenvalue weighted by atomic mass is 19.1. The highest BCUT2D eigenvalue weighted by molar-refractivity contribution is 5.91. The monoisotopic (exact) mass is 336 g/mol. The molecule has 4 rings (SSSR count). The smallest absolute Gasteiger partial charge is 0.199 e. The number of aryl methyl sites for hydroxylation is 1. The third kappa shape index (κ3) is 2.46. The van der Waals surface area contributed by atoms with Crippen molar-refractivity contribution in [2.24, 2.45) is 0 Å². The summed E-state index contributed by atoms with van der Waals surface area (Å²) in [5.41, 5.74) is 3.31. The number of aromatic hydroxyl groups is 1. The van der Waals surface area contributed by atoms with Crippen LogP contribution in [-0.4, -0.2) is 24.7 Å². The second kappa shape index (κ2) is 5.73. The minimum atomic E-state index is -0.285. The molecule has 0 bridgehead atoms. The summed E-state index contributed by atoms with van der Waals surface area (Å²) in [6.07, 6.45) is 1.92. The molecule has 0 saturated carbocycles. The Kier molecular flexibility index (Phi) is 3.53. The summed E-state index contributed by atoms with van der Waals surface area (Å²) in [5.74, 6) is -0.0109. The number of fused-ring (bicyclic) bond motifs is 1. The van der Waals surface area contributed by atoms with Crippen LogP contribution >= 0.6 is 0 Å². The van der Waals surface area contributed by atoms with Gasteiger partial charge in [-0.3, -0.25) is 0 Å². The molecule has 0 saturated heterocycles. The molecule has 0 aliphatic rings. The minimum Gasteiger partial charge on any atom is -0.494 e. The third-order valence-corrected chi connectivity index (χ3v) is 4.44. The summed E-state index contributed by atoms with van der Waals surface area (Å²) < 4.78 is 16.6. The maximum Gasteiger partial charge on any atom is 0.199 e. The Hall–Kier alpha value is -3.15. The van der Waals surface area contributed by atoms with Crippen LogP contribution in [0.2, 0.25) is 0 Å². The van der Waals surface area contributed by atoms with Gasteiger partial charge in [0, 0.05) is 29.1 Å². The normalized spacial score (nSPS) is 11.3. The van der Waals surface area contributed by atoms with E-state index in [4.69, 9.17) is 0 Å². The standard InChI is InChI=1S/C19H17FN4O/c1-3-23-11-14-10-13(4-9-17(14)19(23)25)18-12(2)24(22-21-18)16-7-5-15(20)6-8-16/h4-11,25H,3H2,1-2H3. The van der Waals surface area contributed by atoms with Crippen molar-refractivity contribution in [3.63, 3.8) is 0 Å². The van der Waals surface area contributed by atoms with Gasteiger partial charge in [-0.2, -0.15) is 0 Å². The van der Waals surface area contributed by atoms with Gasteiger partial charge < -0.3 is 9.67 Å². The number of nitrogens with zero attached hydrogens (tertiary/aromatic N) is 4. The zero-order valence-electron chi connectivity index (χ0n) is 13.9. The lowest BCUT2D eigenvalue weighted by Crippen LogP contribution is -1.99. The lowest BCUT2D eigenvalue weighted by molar-refractivity contribution is 0.427. The minimum absolute atomic E-state index is 0.274. The number of rotatable bonds is 3. The Labute approximate surface area is 143 Å². The van der Waals surface area contributed by atoms with Crippen LogP contribution in [0.15, 0.2) is 48.7 Å². The lowest BCUT2D eigenvalue weighted by atomic mass is 10.1. The number of benzene rings is 2. The maximum absolute atomic E-state index is 13.1. The Bertz CT molecular complexity index is 1060.